The lowest BCUT2D eigenvalue weighted by Crippen LogP contribution is -1.93. The Kier molecular flexibility index (Phi) is 2.59. The van der Waals surface area contributed by atoms with Crippen LogP contribution >= 0.6 is 11.3 Å². The zero-order valence-corrected chi connectivity index (χ0v) is 9.14. The normalized spacial score (nSPS) is 13.0. The van der Waals surface area contributed by atoms with Gasteiger partial charge in [-0.15, -0.1) is 11.3 Å². The Balaban J connectivity index is 2.51. The molecule has 1 heterocycles. The van der Waals surface area contributed by atoms with Crippen LogP contribution in [0.3, 0.4) is 0 Å². The highest BCUT2D eigenvalue weighted by molar-refractivity contribution is 7.19. The summed E-state index contributed by atoms with van der Waals surface area (Å²) < 4.78 is 13.9. The van der Waals surface area contributed by atoms with E-state index >= 15 is 0 Å². The van der Waals surface area contributed by atoms with Crippen molar-refractivity contribution in [3.05, 3.63) is 47.1 Å². The van der Waals surface area contributed by atoms with E-state index in [1.165, 1.54) is 23.5 Å². The lowest BCUT2D eigenvalue weighted by atomic mass is 10.1. The van der Waals surface area contributed by atoms with Gasteiger partial charge in [0.15, 0.2) is 0 Å². The van der Waals surface area contributed by atoms with Gasteiger partial charge in [-0.1, -0.05) is 6.58 Å². The van der Waals surface area contributed by atoms with Crippen molar-refractivity contribution in [2.24, 2.45) is 0 Å². The van der Waals surface area contributed by atoms with Crippen molar-refractivity contribution in [2.45, 2.75) is 13.0 Å². The number of rotatable bonds is 2. The average molecular weight is 222 g/mol. The van der Waals surface area contributed by atoms with E-state index in [1.807, 2.05) is 6.07 Å². The van der Waals surface area contributed by atoms with Crippen molar-refractivity contribution in [3.8, 4) is 0 Å². The first kappa shape index (κ1) is 10.3. The fraction of sp³-hybridized carbons (Fsp3) is 0.167. The molecule has 78 valence electrons. The molecule has 0 radical (unpaired) electrons. The first-order valence-electron chi connectivity index (χ1n) is 4.60. The van der Waals surface area contributed by atoms with Crippen molar-refractivity contribution >= 4 is 21.4 Å². The number of thiophene rings is 1. The van der Waals surface area contributed by atoms with Crippen molar-refractivity contribution in [1.82, 2.24) is 0 Å². The molecule has 2 aromatic rings. The smallest absolute Gasteiger partial charge is 0.123 e. The predicted octanol–water partition coefficient (Wildman–Crippen LogP) is 3.65. The summed E-state index contributed by atoms with van der Waals surface area (Å²) in [6.07, 6.45) is -0.648. The van der Waals surface area contributed by atoms with Gasteiger partial charge in [0.05, 0.1) is 0 Å². The molecule has 1 aromatic carbocycles. The van der Waals surface area contributed by atoms with Crippen LogP contribution in [-0.4, -0.2) is 5.11 Å². The summed E-state index contributed by atoms with van der Waals surface area (Å²) in [5.41, 5.74) is 0.696. The van der Waals surface area contributed by atoms with E-state index in [4.69, 9.17) is 0 Å². The average Bonchev–Trinajstić information content (AvgIpc) is 2.58. The molecular weight excluding hydrogens is 211 g/mol. The first-order valence-corrected chi connectivity index (χ1v) is 5.42. The summed E-state index contributed by atoms with van der Waals surface area (Å²) in [6, 6.07) is 6.43. The van der Waals surface area contributed by atoms with Gasteiger partial charge in [-0.25, -0.2) is 4.39 Å². The Labute approximate surface area is 91.5 Å². The number of hydrogen-bond acceptors (Lipinski definition) is 2. The maximum Gasteiger partial charge on any atom is 0.123 e. The molecule has 0 aliphatic heterocycles. The van der Waals surface area contributed by atoms with Crippen LogP contribution in [0, 0.1) is 5.82 Å². The largest absolute Gasteiger partial charge is 0.383 e. The molecule has 1 N–H and O–H groups in total. The van der Waals surface area contributed by atoms with Gasteiger partial charge in [-0.05, 0) is 42.1 Å². The summed E-state index contributed by atoms with van der Waals surface area (Å²) in [6.45, 7) is 5.48. The van der Waals surface area contributed by atoms with Gasteiger partial charge in [-0.3, -0.25) is 0 Å². The van der Waals surface area contributed by atoms with Gasteiger partial charge in [0.1, 0.15) is 11.9 Å². The molecule has 0 aliphatic carbocycles. The van der Waals surface area contributed by atoms with Crippen LogP contribution in [0.2, 0.25) is 0 Å². The topological polar surface area (TPSA) is 20.2 Å². The molecule has 0 bridgehead atoms. The summed E-state index contributed by atoms with van der Waals surface area (Å²) in [7, 11) is 0. The Bertz CT molecular complexity index is 515. The number of aliphatic hydroxyl groups excluding tert-OH is 1. The van der Waals surface area contributed by atoms with E-state index < -0.39 is 6.10 Å². The molecule has 15 heavy (non-hydrogen) atoms. The minimum atomic E-state index is -0.648. The maximum absolute atomic E-state index is 12.9. The second kappa shape index (κ2) is 3.76. The minimum absolute atomic E-state index is 0.253. The van der Waals surface area contributed by atoms with Crippen molar-refractivity contribution in [1.29, 1.82) is 0 Å². The number of hydrogen-bond donors (Lipinski definition) is 1. The molecule has 0 saturated heterocycles. The van der Waals surface area contributed by atoms with E-state index in [2.05, 4.69) is 6.58 Å². The first-order chi connectivity index (χ1) is 7.08. The van der Waals surface area contributed by atoms with E-state index in [9.17, 15) is 9.50 Å². The zero-order valence-electron chi connectivity index (χ0n) is 8.33. The van der Waals surface area contributed by atoms with Gasteiger partial charge in [0, 0.05) is 9.58 Å². The maximum atomic E-state index is 12.9. The Morgan fingerprint density at radius 3 is 2.87 bits per heavy atom. The molecule has 1 nitrogen and oxygen atoms in total. The van der Waals surface area contributed by atoms with Crippen LogP contribution in [-0.2, 0) is 0 Å². The number of aliphatic hydroxyl groups is 1. The zero-order chi connectivity index (χ0) is 11.0. The van der Waals surface area contributed by atoms with Crippen LogP contribution in [0.4, 0.5) is 4.39 Å². The minimum Gasteiger partial charge on any atom is -0.383 e. The second-order valence-electron chi connectivity index (χ2n) is 3.58. The van der Waals surface area contributed by atoms with E-state index in [0.29, 0.717) is 5.57 Å². The van der Waals surface area contributed by atoms with E-state index in [0.717, 1.165) is 15.0 Å². The Morgan fingerprint density at radius 2 is 2.20 bits per heavy atom. The van der Waals surface area contributed by atoms with Gasteiger partial charge in [-0.2, -0.15) is 0 Å². The molecule has 0 aliphatic rings. The third-order valence-corrected chi connectivity index (χ3v) is 3.40. The van der Waals surface area contributed by atoms with Crippen LogP contribution in [0.1, 0.15) is 17.9 Å². The lowest BCUT2D eigenvalue weighted by molar-refractivity contribution is 0.220. The van der Waals surface area contributed by atoms with Crippen LogP contribution in [0.5, 0.6) is 0 Å². The number of halogens is 1. The van der Waals surface area contributed by atoms with Gasteiger partial charge in [0.25, 0.3) is 0 Å². The predicted molar refractivity (Wildman–Crippen MR) is 61.6 cm³/mol. The molecule has 3 heteroatoms. The molecule has 0 saturated carbocycles. The highest BCUT2D eigenvalue weighted by Gasteiger charge is 2.11. The molecule has 1 aromatic heterocycles. The van der Waals surface area contributed by atoms with Crippen LogP contribution in [0.25, 0.3) is 10.1 Å². The molecule has 1 unspecified atom stereocenters. The lowest BCUT2D eigenvalue weighted by Gasteiger charge is -2.05. The van der Waals surface area contributed by atoms with Crippen LogP contribution in [0.15, 0.2) is 36.4 Å². The van der Waals surface area contributed by atoms with Gasteiger partial charge in [0.2, 0.25) is 0 Å². The number of fused-ring (bicyclic) bond motifs is 1. The fourth-order valence-electron chi connectivity index (χ4n) is 1.41. The molecular formula is C12H11FOS. The molecule has 0 fully saturated rings. The van der Waals surface area contributed by atoms with Gasteiger partial charge < -0.3 is 5.11 Å². The monoisotopic (exact) mass is 222 g/mol. The Hall–Kier alpha value is -1.19. The second-order valence-corrected chi connectivity index (χ2v) is 4.70. The third kappa shape index (κ3) is 1.94. The summed E-state index contributed by atoms with van der Waals surface area (Å²) >= 11 is 1.46. The molecule has 0 amide bonds. The fourth-order valence-corrected chi connectivity index (χ4v) is 2.54. The third-order valence-electron chi connectivity index (χ3n) is 2.23. The molecule has 1 atom stereocenters. The van der Waals surface area contributed by atoms with E-state index in [1.54, 1.807) is 13.0 Å². The van der Waals surface area contributed by atoms with Gasteiger partial charge >= 0.3 is 0 Å². The number of benzene rings is 1. The van der Waals surface area contributed by atoms with Crippen LogP contribution < -0.4 is 0 Å². The SMILES string of the molecule is C=C(C)C(O)c1cc2cc(F)ccc2s1. The van der Waals surface area contributed by atoms with E-state index in [-0.39, 0.29) is 5.82 Å². The van der Waals surface area contributed by atoms with Crippen molar-refractivity contribution < 1.29 is 9.50 Å². The summed E-state index contributed by atoms with van der Waals surface area (Å²) in [5, 5.41) is 10.6. The molecule has 2 rings (SSSR count). The molecule has 0 spiro atoms. The summed E-state index contributed by atoms with van der Waals surface area (Å²) in [5.74, 6) is -0.253. The standard InChI is InChI=1S/C12H11FOS/c1-7(2)12(14)11-6-8-5-9(13)3-4-10(8)15-11/h3-6,12,14H,1H2,2H3. The van der Waals surface area contributed by atoms with Crippen molar-refractivity contribution in [3.63, 3.8) is 0 Å². The Morgan fingerprint density at radius 1 is 1.47 bits per heavy atom. The van der Waals surface area contributed by atoms with Crippen molar-refractivity contribution in [2.75, 3.05) is 0 Å². The highest BCUT2D eigenvalue weighted by atomic mass is 32.1. The quantitative estimate of drug-likeness (QED) is 0.769. The highest BCUT2D eigenvalue weighted by Crippen LogP contribution is 2.32. The summed E-state index contributed by atoms with van der Waals surface area (Å²) in [4.78, 5) is 0.808.